The molecule has 0 saturated carbocycles. The highest BCUT2D eigenvalue weighted by Crippen LogP contribution is 2.16. The number of alkyl halides is 1. The van der Waals surface area contributed by atoms with Gasteiger partial charge in [-0.05, 0) is 11.6 Å². The van der Waals surface area contributed by atoms with E-state index in [1.54, 1.807) is 5.43 Å². The third-order valence-corrected chi connectivity index (χ3v) is 2.10. The van der Waals surface area contributed by atoms with Crippen molar-refractivity contribution in [1.29, 1.82) is 0 Å². The maximum atomic E-state index is 8.94. The number of halogens is 1. The molecule has 0 bridgehead atoms. The van der Waals surface area contributed by atoms with Crippen LogP contribution in [0.25, 0.3) is 0 Å². The third kappa shape index (κ3) is 4.84. The Bertz CT molecular complexity index is 245. The summed E-state index contributed by atoms with van der Waals surface area (Å²) in [5.41, 5.74) is 4.24. The van der Waals surface area contributed by atoms with Crippen molar-refractivity contribution in [2.75, 3.05) is 12.4 Å². The molecule has 14 heavy (non-hydrogen) atoms. The van der Waals surface area contributed by atoms with Gasteiger partial charge in [0, 0.05) is 18.1 Å². The first-order chi connectivity index (χ1) is 6.79. The highest BCUT2D eigenvalue weighted by Gasteiger charge is 1.94. The average molecular weight is 260 g/mol. The van der Waals surface area contributed by atoms with E-state index in [0.717, 1.165) is 5.33 Å². The third-order valence-electron chi connectivity index (χ3n) is 1.50. The summed E-state index contributed by atoms with van der Waals surface area (Å²) in [6, 6.07) is 8.23. The number of hydrogen-bond donors (Lipinski definition) is 3. The molecule has 1 aromatic carbocycles. The molecule has 1 rings (SSSR count). The highest BCUT2D eigenvalue weighted by atomic mass is 79.9. The van der Waals surface area contributed by atoms with Gasteiger partial charge in [0.05, 0.1) is 0 Å². The summed E-state index contributed by atoms with van der Waals surface area (Å²) in [6.45, 7) is 0. The summed E-state index contributed by atoms with van der Waals surface area (Å²) in [6.07, 6.45) is 0.403. The smallest absolute Gasteiger partial charge is 0.221 e. The molecule has 78 valence electrons. The van der Waals surface area contributed by atoms with Crippen LogP contribution in [0.5, 0.6) is 0 Å². The Morgan fingerprint density at radius 2 is 2.07 bits per heavy atom. The van der Waals surface area contributed by atoms with Crippen LogP contribution in [0.15, 0.2) is 24.3 Å². The summed E-state index contributed by atoms with van der Waals surface area (Å²) in [7, 11) is 1.93. The molecule has 0 spiro atoms. The second kappa shape index (κ2) is 8.52. The van der Waals surface area contributed by atoms with Crippen molar-refractivity contribution in [3.05, 3.63) is 29.8 Å². The summed E-state index contributed by atoms with van der Waals surface area (Å²) in [5.74, 6) is 4.41. The zero-order chi connectivity index (χ0) is 10.8. The fourth-order valence-electron chi connectivity index (χ4n) is 0.881. The number of nitrogens with one attached hydrogen (secondary N) is 2. The molecular formula is C9H14BrN3O. The number of nitrogens with two attached hydrogens (primary N) is 1. The van der Waals surface area contributed by atoms with Gasteiger partial charge >= 0.3 is 0 Å². The van der Waals surface area contributed by atoms with Gasteiger partial charge in [0.2, 0.25) is 6.41 Å². The van der Waals surface area contributed by atoms with E-state index in [9.17, 15) is 0 Å². The van der Waals surface area contributed by atoms with Crippen LogP contribution < -0.4 is 16.6 Å². The van der Waals surface area contributed by atoms with Crippen LogP contribution in [0.3, 0.4) is 0 Å². The average Bonchev–Trinajstić information content (AvgIpc) is 2.29. The first-order valence-electron chi connectivity index (χ1n) is 4.01. The van der Waals surface area contributed by atoms with Gasteiger partial charge in [-0.1, -0.05) is 34.1 Å². The van der Waals surface area contributed by atoms with Crippen LogP contribution in [-0.4, -0.2) is 13.5 Å². The summed E-state index contributed by atoms with van der Waals surface area (Å²) >= 11 is 3.41. The first-order valence-corrected chi connectivity index (χ1v) is 5.13. The molecule has 0 aliphatic heterocycles. The van der Waals surface area contributed by atoms with Gasteiger partial charge in [-0.3, -0.25) is 10.2 Å². The lowest BCUT2D eigenvalue weighted by Crippen LogP contribution is -2.18. The van der Waals surface area contributed by atoms with Crippen molar-refractivity contribution in [3.63, 3.8) is 0 Å². The molecule has 1 aromatic rings. The Morgan fingerprint density at radius 1 is 1.50 bits per heavy atom. The minimum absolute atomic E-state index is 0.403. The minimum Gasteiger partial charge on any atom is -0.388 e. The van der Waals surface area contributed by atoms with Crippen molar-refractivity contribution in [2.24, 2.45) is 5.84 Å². The topological polar surface area (TPSA) is 67.2 Å². The standard InChI is InChI=1S/C8H10BrN.CH4N2O/c1-10-8-5-3-2-4-7(8)6-9;2-3-1-4/h2-5,10H,6H2,1H3;1H,2H2,(H,3,4). The molecule has 0 aliphatic carbocycles. The normalized spacial score (nSPS) is 8.21. The van der Waals surface area contributed by atoms with E-state index < -0.39 is 0 Å². The number of carbonyl (C=O) groups is 1. The quantitative estimate of drug-likeness (QED) is 0.252. The van der Waals surface area contributed by atoms with Crippen molar-refractivity contribution in [1.82, 2.24) is 5.43 Å². The lowest BCUT2D eigenvalue weighted by atomic mass is 10.2. The fourth-order valence-corrected chi connectivity index (χ4v) is 1.37. The molecule has 5 heteroatoms. The second-order valence-electron chi connectivity index (χ2n) is 2.33. The molecule has 4 N–H and O–H groups in total. The van der Waals surface area contributed by atoms with Crippen molar-refractivity contribution in [2.45, 2.75) is 5.33 Å². The van der Waals surface area contributed by atoms with E-state index in [4.69, 9.17) is 4.79 Å². The predicted molar refractivity (Wildman–Crippen MR) is 62.0 cm³/mol. The van der Waals surface area contributed by atoms with Crippen molar-refractivity contribution in [3.8, 4) is 0 Å². The van der Waals surface area contributed by atoms with E-state index >= 15 is 0 Å². The number of hydrogen-bond acceptors (Lipinski definition) is 3. The number of amides is 1. The Balaban J connectivity index is 0.000000364. The number of benzene rings is 1. The van der Waals surface area contributed by atoms with Gasteiger partial charge in [-0.25, -0.2) is 5.84 Å². The van der Waals surface area contributed by atoms with Crippen LogP contribution >= 0.6 is 15.9 Å². The summed E-state index contributed by atoms with van der Waals surface area (Å²) < 4.78 is 0. The lowest BCUT2D eigenvalue weighted by Gasteiger charge is -2.03. The minimum atomic E-state index is 0.403. The van der Waals surface area contributed by atoms with Crippen LogP contribution in [0.1, 0.15) is 5.56 Å². The number of carbonyl (C=O) groups excluding carboxylic acids is 1. The van der Waals surface area contributed by atoms with E-state index in [0.29, 0.717) is 6.41 Å². The maximum absolute atomic E-state index is 8.94. The lowest BCUT2D eigenvalue weighted by molar-refractivity contribution is -0.109. The second-order valence-corrected chi connectivity index (χ2v) is 2.89. The monoisotopic (exact) mass is 259 g/mol. The van der Waals surface area contributed by atoms with Crippen LogP contribution in [0.4, 0.5) is 5.69 Å². The van der Waals surface area contributed by atoms with Crippen LogP contribution in [0.2, 0.25) is 0 Å². The molecule has 0 aliphatic rings. The highest BCUT2D eigenvalue weighted by molar-refractivity contribution is 9.08. The molecule has 0 fully saturated rings. The number of anilines is 1. The molecule has 0 saturated heterocycles. The molecule has 4 nitrogen and oxygen atoms in total. The van der Waals surface area contributed by atoms with Gasteiger partial charge in [0.25, 0.3) is 0 Å². The van der Waals surface area contributed by atoms with Crippen LogP contribution in [-0.2, 0) is 10.1 Å². The predicted octanol–water partition coefficient (Wildman–Crippen LogP) is 1.23. The Hall–Kier alpha value is -1.07. The molecular weight excluding hydrogens is 246 g/mol. The maximum Gasteiger partial charge on any atom is 0.221 e. The van der Waals surface area contributed by atoms with E-state index in [1.807, 2.05) is 19.2 Å². The SMILES string of the molecule is CNc1ccccc1CBr.NNC=O. The largest absolute Gasteiger partial charge is 0.388 e. The Labute approximate surface area is 92.0 Å². The molecule has 0 heterocycles. The van der Waals surface area contributed by atoms with E-state index in [-0.39, 0.29) is 0 Å². The molecule has 1 amide bonds. The fraction of sp³-hybridized carbons (Fsp3) is 0.222. The van der Waals surface area contributed by atoms with Gasteiger partial charge in [-0.15, -0.1) is 0 Å². The van der Waals surface area contributed by atoms with Gasteiger partial charge in [0.15, 0.2) is 0 Å². The molecule has 0 radical (unpaired) electrons. The summed E-state index contributed by atoms with van der Waals surface area (Å²) in [5, 5.41) is 4.02. The molecule has 0 aromatic heterocycles. The van der Waals surface area contributed by atoms with Crippen molar-refractivity contribution >= 4 is 28.0 Å². The first kappa shape index (κ1) is 12.9. The van der Waals surface area contributed by atoms with Gasteiger partial charge in [0.1, 0.15) is 0 Å². The van der Waals surface area contributed by atoms with E-state index in [2.05, 4.69) is 39.2 Å². The van der Waals surface area contributed by atoms with E-state index in [1.165, 1.54) is 11.3 Å². The molecule has 0 atom stereocenters. The zero-order valence-electron chi connectivity index (χ0n) is 7.96. The Morgan fingerprint density at radius 3 is 2.43 bits per heavy atom. The van der Waals surface area contributed by atoms with Gasteiger partial charge < -0.3 is 5.32 Å². The van der Waals surface area contributed by atoms with Crippen molar-refractivity contribution < 1.29 is 4.79 Å². The van der Waals surface area contributed by atoms with Gasteiger partial charge in [-0.2, -0.15) is 0 Å². The number of rotatable bonds is 3. The number of para-hydroxylation sites is 1. The summed E-state index contributed by atoms with van der Waals surface area (Å²) in [4.78, 5) is 8.94. The Kier molecular flexibility index (Phi) is 7.87. The van der Waals surface area contributed by atoms with Crippen LogP contribution in [0, 0.1) is 0 Å². The zero-order valence-corrected chi connectivity index (χ0v) is 9.54. The number of hydrazine groups is 1. The molecule has 0 unspecified atom stereocenters.